The number of nitrogens with two attached hydrogens (primary N) is 1. The molecule has 0 fully saturated rings. The molecule has 0 aromatic carbocycles. The largest absolute Gasteiger partial charge is 0.472 e. The number of phosphoric acid groups is 1. The van der Waals surface area contributed by atoms with Gasteiger partial charge in [0.25, 0.3) is 0 Å². The first-order valence-electron chi connectivity index (χ1n) is 34.6. The minimum atomic E-state index is -4.41. The molecule has 10 heteroatoms. The average molecular weight is 1250 g/mol. The van der Waals surface area contributed by atoms with Gasteiger partial charge in [-0.2, -0.15) is 0 Å². The lowest BCUT2D eigenvalue weighted by Gasteiger charge is -2.19. The number of ether oxygens (including phenoxy) is 2. The summed E-state index contributed by atoms with van der Waals surface area (Å²) in [6.07, 6.45) is 110. The van der Waals surface area contributed by atoms with E-state index in [1.807, 2.05) is 0 Å². The Morgan fingerprint density at radius 1 is 0.337 bits per heavy atom. The van der Waals surface area contributed by atoms with E-state index < -0.39 is 32.5 Å². The zero-order valence-corrected chi connectivity index (χ0v) is 56.7. The monoisotopic (exact) mass is 1250 g/mol. The van der Waals surface area contributed by atoms with E-state index in [0.29, 0.717) is 12.8 Å². The normalized spacial score (nSPS) is 14.2. The second-order valence-corrected chi connectivity index (χ2v) is 23.4. The molecule has 2 atom stereocenters. The maximum absolute atomic E-state index is 12.8. The topological polar surface area (TPSA) is 134 Å². The van der Waals surface area contributed by atoms with Crippen molar-refractivity contribution < 1.29 is 37.6 Å². The van der Waals surface area contributed by atoms with Crippen LogP contribution in [-0.4, -0.2) is 49.3 Å². The Labute approximate surface area is 544 Å². The van der Waals surface area contributed by atoms with Crippen LogP contribution >= 0.6 is 7.82 Å². The molecule has 0 aliphatic carbocycles. The molecule has 0 aliphatic heterocycles. The van der Waals surface area contributed by atoms with Crippen LogP contribution in [0.25, 0.3) is 0 Å². The number of carbonyl (C=O) groups excluding carboxylic acids is 2. The molecule has 0 bridgehead atoms. The molecule has 0 rings (SSSR count). The van der Waals surface area contributed by atoms with Crippen LogP contribution in [0, 0.1) is 0 Å². The summed E-state index contributed by atoms with van der Waals surface area (Å²) in [5.41, 5.74) is 5.40. The smallest absolute Gasteiger partial charge is 0.462 e. The number of hydrogen-bond donors (Lipinski definition) is 2. The van der Waals surface area contributed by atoms with Crippen molar-refractivity contribution in [3.05, 3.63) is 207 Å². The molecule has 0 spiro atoms. The molecule has 0 aromatic heterocycles. The van der Waals surface area contributed by atoms with E-state index in [-0.39, 0.29) is 32.6 Å². The highest BCUT2D eigenvalue weighted by Gasteiger charge is 2.26. The lowest BCUT2D eigenvalue weighted by Crippen LogP contribution is -2.29. The van der Waals surface area contributed by atoms with Gasteiger partial charge in [0.05, 0.1) is 13.2 Å². The highest BCUT2D eigenvalue weighted by molar-refractivity contribution is 7.47. The predicted octanol–water partition coefficient (Wildman–Crippen LogP) is 23.1. The molecule has 0 aliphatic rings. The second-order valence-electron chi connectivity index (χ2n) is 21.9. The van der Waals surface area contributed by atoms with Crippen molar-refractivity contribution >= 4 is 19.8 Å². The quantitative estimate of drug-likeness (QED) is 0.0264. The summed E-state index contributed by atoms with van der Waals surface area (Å²) in [6.45, 7) is 3.47. The number of phosphoric ester groups is 1. The minimum Gasteiger partial charge on any atom is -0.462 e. The average Bonchev–Trinajstić information content (AvgIpc) is 3.68. The highest BCUT2D eigenvalue weighted by Crippen LogP contribution is 2.43. The first kappa shape index (κ1) is 83.6. The molecule has 0 saturated carbocycles. The number of esters is 2. The van der Waals surface area contributed by atoms with Crippen molar-refractivity contribution in [2.45, 2.75) is 251 Å². The molecule has 0 aromatic rings. The number of hydrogen-bond acceptors (Lipinski definition) is 8. The van der Waals surface area contributed by atoms with E-state index in [4.69, 9.17) is 24.3 Å². The number of carbonyl (C=O) groups is 2. The van der Waals surface area contributed by atoms with E-state index in [2.05, 4.69) is 220 Å². The molecule has 0 amide bonds. The summed E-state index contributed by atoms with van der Waals surface area (Å²) in [4.78, 5) is 35.4. The van der Waals surface area contributed by atoms with Gasteiger partial charge < -0.3 is 20.1 Å². The summed E-state index contributed by atoms with van der Waals surface area (Å²) in [7, 11) is -4.41. The number of allylic oxidation sites excluding steroid dienone is 34. The zero-order valence-electron chi connectivity index (χ0n) is 55.8. The second kappa shape index (κ2) is 71.7. The minimum absolute atomic E-state index is 0.0391. The van der Waals surface area contributed by atoms with Crippen LogP contribution in [0.15, 0.2) is 207 Å². The van der Waals surface area contributed by atoms with Gasteiger partial charge in [0.2, 0.25) is 0 Å². The van der Waals surface area contributed by atoms with E-state index in [0.717, 1.165) is 161 Å². The SMILES string of the molecule is CC/C=C\C/C=C\C/C=C\C/C=C\C/C=C\C/C=C\C/C=C\C/C=C\C/C=C\C/C=C\CCCCCCCCCCC(=O)OC(COC(=O)CCCCCCCCC/C=C\C/C=C\C/C=C\C/C=C\C/C=C\C/C=C\C/C=C\CC)COP(=O)(O)OCCN. The zero-order chi connectivity index (χ0) is 64.4. The van der Waals surface area contributed by atoms with Gasteiger partial charge in [-0.25, -0.2) is 4.57 Å². The fraction of sp³-hybridized carbons (Fsp3) is 0.544. The molecule has 498 valence electrons. The Morgan fingerprint density at radius 2 is 0.584 bits per heavy atom. The van der Waals surface area contributed by atoms with Crippen molar-refractivity contribution in [3.63, 3.8) is 0 Å². The lowest BCUT2D eigenvalue weighted by atomic mass is 10.1. The molecule has 0 saturated heterocycles. The summed E-state index contributed by atoms with van der Waals surface area (Å²) in [5, 5.41) is 0. The molecule has 9 nitrogen and oxygen atoms in total. The van der Waals surface area contributed by atoms with Crippen LogP contribution in [0.3, 0.4) is 0 Å². The Morgan fingerprint density at radius 3 is 0.865 bits per heavy atom. The van der Waals surface area contributed by atoms with E-state index in [1.165, 1.54) is 44.9 Å². The maximum atomic E-state index is 12.8. The molecule has 89 heavy (non-hydrogen) atoms. The van der Waals surface area contributed by atoms with Crippen LogP contribution in [0.5, 0.6) is 0 Å². The first-order valence-corrected chi connectivity index (χ1v) is 36.1. The summed E-state index contributed by atoms with van der Waals surface area (Å²) < 4.78 is 33.1. The Balaban J connectivity index is 4.04. The maximum Gasteiger partial charge on any atom is 0.472 e. The molecule has 3 N–H and O–H groups in total. The third-order valence-corrected chi connectivity index (χ3v) is 14.6. The van der Waals surface area contributed by atoms with Gasteiger partial charge in [-0.15, -0.1) is 0 Å². The Bertz CT molecular complexity index is 2210. The molecule has 2 unspecified atom stereocenters. The van der Waals surface area contributed by atoms with Gasteiger partial charge in [-0.1, -0.05) is 291 Å². The first-order chi connectivity index (χ1) is 43.8. The van der Waals surface area contributed by atoms with Crippen LogP contribution in [-0.2, 0) is 32.7 Å². The van der Waals surface area contributed by atoms with E-state index in [1.54, 1.807) is 0 Å². The Kier molecular flexibility index (Phi) is 67.3. The fourth-order valence-corrected chi connectivity index (χ4v) is 9.41. The van der Waals surface area contributed by atoms with Crippen LogP contribution in [0.2, 0.25) is 0 Å². The summed E-state index contributed by atoms with van der Waals surface area (Å²) in [6, 6.07) is 0. The summed E-state index contributed by atoms with van der Waals surface area (Å²) in [5.74, 6) is -0.865. The van der Waals surface area contributed by atoms with E-state index >= 15 is 0 Å². The van der Waals surface area contributed by atoms with Gasteiger partial charge in [0, 0.05) is 19.4 Å². The lowest BCUT2D eigenvalue weighted by molar-refractivity contribution is -0.161. The number of unbranched alkanes of at least 4 members (excludes halogenated alkanes) is 15. The van der Waals surface area contributed by atoms with Gasteiger partial charge in [0.15, 0.2) is 6.10 Å². The van der Waals surface area contributed by atoms with Crippen molar-refractivity contribution in [1.82, 2.24) is 0 Å². The predicted molar refractivity (Wildman–Crippen MR) is 385 cm³/mol. The van der Waals surface area contributed by atoms with Crippen molar-refractivity contribution in [2.75, 3.05) is 26.4 Å². The molecular weight excluding hydrogens is 1120 g/mol. The van der Waals surface area contributed by atoms with Crippen molar-refractivity contribution in [1.29, 1.82) is 0 Å². The van der Waals surface area contributed by atoms with Crippen LogP contribution in [0.1, 0.15) is 245 Å². The Hall–Kier alpha value is -5.41. The van der Waals surface area contributed by atoms with Crippen molar-refractivity contribution in [2.24, 2.45) is 5.73 Å². The van der Waals surface area contributed by atoms with Gasteiger partial charge >= 0.3 is 19.8 Å². The molecular formula is C79H124NO8P. The van der Waals surface area contributed by atoms with Crippen molar-refractivity contribution in [3.8, 4) is 0 Å². The standard InChI is InChI=1S/C79H124NO8P/c1-3-5-7-9-11-13-15-17-19-21-23-25-27-29-31-33-34-35-36-37-38-39-40-41-42-44-46-48-50-52-54-56-58-60-62-64-66-68-70-72-79(82)88-77(76-87-89(83,84)86-74-73-80)75-85-78(81)71-69-67-65-63-61-59-57-55-53-51-49-47-45-43-32-30-28-26-24-22-20-18-16-14-12-10-8-6-4-2/h5-8,11-14,17-20,23-26,29-32,34-35,37-38,40-41,44-47,50-53,77H,3-4,9-10,15-16,21-22,27-28,33,36,39,42-43,48-49,54-76,80H2,1-2H3,(H,83,84)/b7-5-,8-6-,13-11-,14-12-,19-17-,20-18-,25-23-,26-24-,31-29-,32-30-,35-34-,38-37-,41-40-,46-44-,47-45-,52-50-,53-51-. The summed E-state index contributed by atoms with van der Waals surface area (Å²) >= 11 is 0. The fourth-order valence-electron chi connectivity index (χ4n) is 8.64. The van der Waals surface area contributed by atoms with Crippen LogP contribution in [0.4, 0.5) is 0 Å². The molecule has 0 heterocycles. The number of rotatable bonds is 62. The highest BCUT2D eigenvalue weighted by atomic mass is 31.2. The third-order valence-electron chi connectivity index (χ3n) is 13.7. The van der Waals surface area contributed by atoms with Gasteiger partial charge in [0.1, 0.15) is 6.61 Å². The third kappa shape index (κ3) is 71.5. The molecule has 0 radical (unpaired) electrons. The van der Waals surface area contributed by atoms with Crippen LogP contribution < -0.4 is 5.73 Å². The van der Waals surface area contributed by atoms with Gasteiger partial charge in [-0.05, 0) is 148 Å². The van der Waals surface area contributed by atoms with Gasteiger partial charge in [-0.3, -0.25) is 18.6 Å². The van der Waals surface area contributed by atoms with E-state index in [9.17, 15) is 19.0 Å².